The van der Waals surface area contributed by atoms with Crippen molar-refractivity contribution in [2.45, 2.75) is 20.3 Å². The van der Waals surface area contributed by atoms with Gasteiger partial charge in [0.15, 0.2) is 0 Å². The fourth-order valence-corrected chi connectivity index (χ4v) is 3.74. The standard InChI is InChI=1S/C18H23NO5S2/c1-13-10-14(2)12-15(11-13)23-8-9-24-18(20)17-5-4-16(25-17)6-7-19-26(3,21)22/h4-5,10-12,19H,6-9H2,1-3H3. The zero-order valence-corrected chi connectivity index (χ0v) is 16.7. The molecule has 1 aromatic heterocycles. The Morgan fingerprint density at radius 3 is 2.46 bits per heavy atom. The summed E-state index contributed by atoms with van der Waals surface area (Å²) < 4.78 is 35.3. The molecule has 1 aromatic carbocycles. The van der Waals surface area contributed by atoms with Crippen molar-refractivity contribution in [1.29, 1.82) is 0 Å². The minimum absolute atomic E-state index is 0.161. The van der Waals surface area contributed by atoms with E-state index in [1.165, 1.54) is 11.3 Å². The third-order valence-corrected chi connectivity index (χ3v) is 5.23. The van der Waals surface area contributed by atoms with Crippen LogP contribution < -0.4 is 9.46 Å². The van der Waals surface area contributed by atoms with Gasteiger partial charge in [-0.05, 0) is 55.7 Å². The molecule has 1 heterocycles. The number of carbonyl (C=O) groups excluding carboxylic acids is 1. The molecule has 2 rings (SSSR count). The van der Waals surface area contributed by atoms with Gasteiger partial charge in [0.1, 0.15) is 23.8 Å². The Kier molecular flexibility index (Phi) is 7.19. The topological polar surface area (TPSA) is 81.7 Å². The van der Waals surface area contributed by atoms with Crippen molar-refractivity contribution >= 4 is 27.3 Å². The lowest BCUT2D eigenvalue weighted by molar-refractivity contribution is 0.0456. The molecule has 0 bridgehead atoms. The van der Waals surface area contributed by atoms with Crippen LogP contribution in [-0.4, -0.2) is 40.4 Å². The van der Waals surface area contributed by atoms with Gasteiger partial charge in [-0.3, -0.25) is 0 Å². The van der Waals surface area contributed by atoms with Crippen molar-refractivity contribution in [1.82, 2.24) is 4.72 Å². The number of hydrogen-bond donors (Lipinski definition) is 1. The van der Waals surface area contributed by atoms with Gasteiger partial charge in [0, 0.05) is 11.4 Å². The number of sulfonamides is 1. The second-order valence-electron chi connectivity index (χ2n) is 5.99. The highest BCUT2D eigenvalue weighted by Crippen LogP contribution is 2.18. The molecule has 0 saturated carbocycles. The van der Waals surface area contributed by atoms with Crippen molar-refractivity contribution in [2.75, 3.05) is 26.0 Å². The zero-order chi connectivity index (χ0) is 19.2. The Morgan fingerprint density at radius 1 is 1.12 bits per heavy atom. The molecule has 26 heavy (non-hydrogen) atoms. The van der Waals surface area contributed by atoms with Crippen molar-refractivity contribution < 1.29 is 22.7 Å². The number of ether oxygens (including phenoxy) is 2. The van der Waals surface area contributed by atoms with E-state index in [4.69, 9.17) is 9.47 Å². The van der Waals surface area contributed by atoms with E-state index in [1.54, 1.807) is 12.1 Å². The van der Waals surface area contributed by atoms with Crippen LogP contribution in [0.15, 0.2) is 30.3 Å². The van der Waals surface area contributed by atoms with Gasteiger partial charge in [-0.1, -0.05) is 6.07 Å². The summed E-state index contributed by atoms with van der Waals surface area (Å²) in [5.41, 5.74) is 2.24. The van der Waals surface area contributed by atoms with E-state index in [1.807, 2.05) is 26.0 Å². The van der Waals surface area contributed by atoms with Gasteiger partial charge in [-0.15, -0.1) is 11.3 Å². The monoisotopic (exact) mass is 397 g/mol. The van der Waals surface area contributed by atoms with Crippen LogP contribution in [0.3, 0.4) is 0 Å². The molecule has 0 saturated heterocycles. The highest BCUT2D eigenvalue weighted by molar-refractivity contribution is 7.88. The first-order valence-electron chi connectivity index (χ1n) is 8.14. The predicted octanol–water partition coefficient (Wildman–Crippen LogP) is 2.69. The fourth-order valence-electron chi connectivity index (χ4n) is 2.36. The van der Waals surface area contributed by atoms with Gasteiger partial charge < -0.3 is 9.47 Å². The maximum Gasteiger partial charge on any atom is 0.348 e. The molecule has 0 spiro atoms. The maximum atomic E-state index is 12.0. The fraction of sp³-hybridized carbons (Fsp3) is 0.389. The highest BCUT2D eigenvalue weighted by Gasteiger charge is 2.11. The summed E-state index contributed by atoms with van der Waals surface area (Å²) >= 11 is 1.30. The summed E-state index contributed by atoms with van der Waals surface area (Å²) in [6, 6.07) is 9.42. The largest absolute Gasteiger partial charge is 0.490 e. The van der Waals surface area contributed by atoms with Gasteiger partial charge in [-0.2, -0.15) is 0 Å². The van der Waals surface area contributed by atoms with E-state index in [9.17, 15) is 13.2 Å². The van der Waals surface area contributed by atoms with Crippen LogP contribution in [0, 0.1) is 13.8 Å². The molecule has 2 aromatic rings. The Hall–Kier alpha value is -1.90. The number of benzene rings is 1. The first kappa shape index (κ1) is 20.4. The minimum Gasteiger partial charge on any atom is -0.490 e. The van der Waals surface area contributed by atoms with E-state index >= 15 is 0 Å². The summed E-state index contributed by atoms with van der Waals surface area (Å²) in [6.45, 7) is 4.75. The smallest absolute Gasteiger partial charge is 0.348 e. The van der Waals surface area contributed by atoms with Crippen LogP contribution in [0.4, 0.5) is 0 Å². The molecule has 6 nitrogen and oxygen atoms in total. The average Bonchev–Trinajstić information content (AvgIpc) is 2.98. The SMILES string of the molecule is Cc1cc(C)cc(OCCOC(=O)c2ccc(CCNS(C)(=O)=O)s2)c1. The quantitative estimate of drug-likeness (QED) is 0.520. The normalized spacial score (nSPS) is 11.3. The first-order chi connectivity index (χ1) is 12.2. The van der Waals surface area contributed by atoms with E-state index in [0.29, 0.717) is 17.8 Å². The van der Waals surface area contributed by atoms with Crippen LogP contribution in [0.1, 0.15) is 25.7 Å². The van der Waals surface area contributed by atoms with Crippen LogP contribution in [0.25, 0.3) is 0 Å². The van der Waals surface area contributed by atoms with E-state index in [0.717, 1.165) is 28.0 Å². The molecular weight excluding hydrogens is 374 g/mol. The van der Waals surface area contributed by atoms with E-state index < -0.39 is 16.0 Å². The molecule has 0 aliphatic heterocycles. The van der Waals surface area contributed by atoms with E-state index in [2.05, 4.69) is 10.8 Å². The number of hydrogen-bond acceptors (Lipinski definition) is 6. The molecule has 0 aliphatic carbocycles. The Bertz CT molecular complexity index is 838. The highest BCUT2D eigenvalue weighted by atomic mass is 32.2. The second-order valence-corrected chi connectivity index (χ2v) is 8.99. The molecule has 0 radical (unpaired) electrons. The first-order valence-corrected chi connectivity index (χ1v) is 10.9. The summed E-state index contributed by atoms with van der Waals surface area (Å²) in [5.74, 6) is 0.358. The number of rotatable bonds is 9. The number of carbonyl (C=O) groups is 1. The predicted molar refractivity (Wildman–Crippen MR) is 103 cm³/mol. The number of esters is 1. The van der Waals surface area contributed by atoms with Gasteiger partial charge in [0.05, 0.1) is 6.26 Å². The molecule has 8 heteroatoms. The molecule has 1 N–H and O–H groups in total. The summed E-state index contributed by atoms with van der Waals surface area (Å²) in [6.07, 6.45) is 1.64. The van der Waals surface area contributed by atoms with Crippen molar-refractivity contribution in [3.8, 4) is 5.75 Å². The Balaban J connectivity index is 1.74. The van der Waals surface area contributed by atoms with Gasteiger partial charge in [-0.25, -0.2) is 17.9 Å². The molecule has 0 aliphatic rings. The summed E-state index contributed by atoms with van der Waals surface area (Å²) in [7, 11) is -3.20. The molecule has 0 fully saturated rings. The Morgan fingerprint density at radius 2 is 1.81 bits per heavy atom. The Labute approximate surface area is 158 Å². The number of thiophene rings is 1. The van der Waals surface area contributed by atoms with Crippen molar-refractivity contribution in [3.63, 3.8) is 0 Å². The lowest BCUT2D eigenvalue weighted by atomic mass is 10.1. The lowest BCUT2D eigenvalue weighted by Gasteiger charge is -2.08. The molecular formula is C18H23NO5S2. The molecule has 142 valence electrons. The number of aryl methyl sites for hydroxylation is 2. The number of nitrogens with one attached hydrogen (secondary N) is 1. The lowest BCUT2D eigenvalue weighted by Crippen LogP contribution is -2.24. The molecule has 0 atom stereocenters. The van der Waals surface area contributed by atoms with Crippen LogP contribution in [-0.2, 0) is 21.2 Å². The molecule has 0 amide bonds. The zero-order valence-electron chi connectivity index (χ0n) is 15.1. The van der Waals surface area contributed by atoms with E-state index in [-0.39, 0.29) is 13.2 Å². The summed E-state index contributed by atoms with van der Waals surface area (Å²) in [5, 5.41) is 0. The van der Waals surface area contributed by atoms with Gasteiger partial charge in [0.25, 0.3) is 0 Å². The minimum atomic E-state index is -3.20. The molecule has 0 unspecified atom stereocenters. The van der Waals surface area contributed by atoms with Gasteiger partial charge in [0.2, 0.25) is 10.0 Å². The summed E-state index contributed by atoms with van der Waals surface area (Å²) in [4.78, 5) is 13.4. The third kappa shape index (κ3) is 7.15. The van der Waals surface area contributed by atoms with Crippen LogP contribution in [0.2, 0.25) is 0 Å². The second kappa shape index (κ2) is 9.16. The van der Waals surface area contributed by atoms with Crippen LogP contribution in [0.5, 0.6) is 5.75 Å². The van der Waals surface area contributed by atoms with Gasteiger partial charge >= 0.3 is 5.97 Å². The third-order valence-electron chi connectivity index (χ3n) is 3.38. The van der Waals surface area contributed by atoms with Crippen LogP contribution >= 0.6 is 11.3 Å². The van der Waals surface area contributed by atoms with Crippen molar-refractivity contribution in [2.24, 2.45) is 0 Å². The van der Waals surface area contributed by atoms with Crippen molar-refractivity contribution in [3.05, 3.63) is 51.2 Å². The average molecular weight is 398 g/mol. The maximum absolute atomic E-state index is 12.0.